The molecule has 0 saturated carbocycles. The Morgan fingerprint density at radius 3 is 2.50 bits per heavy atom. The maximum Gasteiger partial charge on any atom is 0.253 e. The summed E-state index contributed by atoms with van der Waals surface area (Å²) >= 11 is 0. The van der Waals surface area contributed by atoms with Crippen molar-refractivity contribution in [3.05, 3.63) is 29.8 Å². The number of ether oxygens (including phenoxy) is 1. The number of rotatable bonds is 8. The smallest absolute Gasteiger partial charge is 0.253 e. The SMILES string of the molecule is COCCCNCC(=O)Nc1ccc(C(=O)N2CCCCC2)cc1. The zero-order valence-corrected chi connectivity index (χ0v) is 14.3. The molecular formula is C18H27N3O3. The van der Waals surface area contributed by atoms with Crippen molar-refractivity contribution in [1.82, 2.24) is 10.2 Å². The van der Waals surface area contributed by atoms with Crippen LogP contribution in [0.5, 0.6) is 0 Å². The van der Waals surface area contributed by atoms with Crippen molar-refractivity contribution in [2.24, 2.45) is 0 Å². The van der Waals surface area contributed by atoms with Gasteiger partial charge in [-0.05, 0) is 56.5 Å². The molecule has 0 spiro atoms. The highest BCUT2D eigenvalue weighted by atomic mass is 16.5. The highest BCUT2D eigenvalue weighted by Crippen LogP contribution is 2.15. The second kappa shape index (κ2) is 10.1. The normalized spacial score (nSPS) is 14.5. The van der Waals surface area contributed by atoms with E-state index in [9.17, 15) is 9.59 Å². The molecule has 1 aliphatic rings. The molecule has 24 heavy (non-hydrogen) atoms. The van der Waals surface area contributed by atoms with Gasteiger partial charge >= 0.3 is 0 Å². The third-order valence-electron chi connectivity index (χ3n) is 4.05. The molecule has 1 aromatic rings. The first-order chi connectivity index (χ1) is 11.7. The highest BCUT2D eigenvalue weighted by Gasteiger charge is 2.17. The molecule has 6 nitrogen and oxygen atoms in total. The summed E-state index contributed by atoms with van der Waals surface area (Å²) in [4.78, 5) is 26.1. The molecule has 2 N–H and O–H groups in total. The van der Waals surface area contributed by atoms with E-state index in [1.807, 2.05) is 4.90 Å². The fourth-order valence-electron chi connectivity index (χ4n) is 2.72. The van der Waals surface area contributed by atoms with Crippen LogP contribution in [0.15, 0.2) is 24.3 Å². The number of carbonyl (C=O) groups excluding carboxylic acids is 2. The minimum atomic E-state index is -0.0949. The van der Waals surface area contributed by atoms with Gasteiger partial charge in [0.1, 0.15) is 0 Å². The quantitative estimate of drug-likeness (QED) is 0.713. The number of hydrogen-bond donors (Lipinski definition) is 2. The lowest BCUT2D eigenvalue weighted by Gasteiger charge is -2.26. The highest BCUT2D eigenvalue weighted by molar-refractivity contribution is 5.96. The summed E-state index contributed by atoms with van der Waals surface area (Å²) in [7, 11) is 1.66. The van der Waals surface area contributed by atoms with Crippen molar-refractivity contribution in [2.45, 2.75) is 25.7 Å². The summed E-state index contributed by atoms with van der Waals surface area (Å²) in [5, 5.41) is 5.88. The van der Waals surface area contributed by atoms with Crippen molar-refractivity contribution in [3.8, 4) is 0 Å². The summed E-state index contributed by atoms with van der Waals surface area (Å²) in [5.41, 5.74) is 1.38. The van der Waals surface area contributed by atoms with Crippen LogP contribution in [-0.2, 0) is 9.53 Å². The molecular weight excluding hydrogens is 306 g/mol. The van der Waals surface area contributed by atoms with E-state index in [0.29, 0.717) is 17.9 Å². The summed E-state index contributed by atoms with van der Waals surface area (Å²) in [6.45, 7) is 3.36. The first kappa shape index (κ1) is 18.4. The Morgan fingerprint density at radius 1 is 1.12 bits per heavy atom. The predicted molar refractivity (Wildman–Crippen MR) is 94.2 cm³/mol. The first-order valence-electron chi connectivity index (χ1n) is 8.59. The lowest BCUT2D eigenvalue weighted by molar-refractivity contribution is -0.115. The van der Waals surface area contributed by atoms with Gasteiger partial charge in [-0.1, -0.05) is 0 Å². The fraction of sp³-hybridized carbons (Fsp3) is 0.556. The van der Waals surface area contributed by atoms with Crippen LogP contribution in [0.1, 0.15) is 36.0 Å². The van der Waals surface area contributed by atoms with Gasteiger partial charge in [-0.25, -0.2) is 0 Å². The maximum absolute atomic E-state index is 12.4. The fourth-order valence-corrected chi connectivity index (χ4v) is 2.72. The zero-order valence-electron chi connectivity index (χ0n) is 14.3. The molecule has 0 atom stereocenters. The standard InChI is InChI=1S/C18H27N3O3/c1-24-13-5-10-19-14-17(22)20-16-8-6-15(7-9-16)18(23)21-11-3-2-4-12-21/h6-9,19H,2-5,10-14H2,1H3,(H,20,22). The molecule has 132 valence electrons. The van der Waals surface area contributed by atoms with Crippen LogP contribution in [0.3, 0.4) is 0 Å². The summed E-state index contributed by atoms with van der Waals surface area (Å²) < 4.78 is 4.95. The van der Waals surface area contributed by atoms with Crippen LogP contribution < -0.4 is 10.6 Å². The van der Waals surface area contributed by atoms with Gasteiger partial charge in [-0.3, -0.25) is 9.59 Å². The Balaban J connectivity index is 1.76. The van der Waals surface area contributed by atoms with Crippen molar-refractivity contribution >= 4 is 17.5 Å². The van der Waals surface area contributed by atoms with Crippen molar-refractivity contribution in [1.29, 1.82) is 0 Å². The van der Waals surface area contributed by atoms with Gasteiger partial charge in [0.15, 0.2) is 0 Å². The van der Waals surface area contributed by atoms with Crippen LogP contribution in [0.25, 0.3) is 0 Å². The lowest BCUT2D eigenvalue weighted by Crippen LogP contribution is -2.35. The van der Waals surface area contributed by atoms with Crippen LogP contribution >= 0.6 is 0 Å². The number of anilines is 1. The van der Waals surface area contributed by atoms with E-state index >= 15 is 0 Å². The maximum atomic E-state index is 12.4. The van der Waals surface area contributed by atoms with Crippen LogP contribution in [0, 0.1) is 0 Å². The molecule has 1 aromatic carbocycles. The van der Waals surface area contributed by atoms with Crippen molar-refractivity contribution < 1.29 is 14.3 Å². The van der Waals surface area contributed by atoms with E-state index in [-0.39, 0.29) is 18.4 Å². The molecule has 0 aromatic heterocycles. The summed E-state index contributed by atoms with van der Waals surface area (Å²) in [6.07, 6.45) is 4.24. The van der Waals surface area contributed by atoms with Crippen LogP contribution in [-0.4, -0.2) is 56.6 Å². The van der Waals surface area contributed by atoms with E-state index in [2.05, 4.69) is 10.6 Å². The number of piperidine rings is 1. The number of likely N-dealkylation sites (tertiary alicyclic amines) is 1. The number of benzene rings is 1. The molecule has 1 fully saturated rings. The summed E-state index contributed by atoms with van der Waals surface area (Å²) in [6, 6.07) is 7.11. The van der Waals surface area contributed by atoms with E-state index < -0.39 is 0 Å². The molecule has 0 aliphatic carbocycles. The van der Waals surface area contributed by atoms with Gasteiger partial charge in [0.25, 0.3) is 5.91 Å². The topological polar surface area (TPSA) is 70.7 Å². The molecule has 1 aliphatic heterocycles. The Kier molecular flexibility index (Phi) is 7.71. The molecule has 0 bridgehead atoms. The van der Waals surface area contributed by atoms with Gasteiger partial charge in [0, 0.05) is 38.1 Å². The number of nitrogens with zero attached hydrogens (tertiary/aromatic N) is 1. The Labute approximate surface area is 143 Å². The Hall–Kier alpha value is -1.92. The second-order valence-electron chi connectivity index (χ2n) is 6.00. The number of methoxy groups -OCH3 is 1. The van der Waals surface area contributed by atoms with E-state index in [0.717, 1.165) is 38.9 Å². The predicted octanol–water partition coefficient (Wildman–Crippen LogP) is 1.88. The number of carbonyl (C=O) groups is 2. The molecule has 0 unspecified atom stereocenters. The minimum absolute atomic E-state index is 0.0763. The molecule has 2 rings (SSSR count). The van der Waals surface area contributed by atoms with E-state index in [1.54, 1.807) is 31.4 Å². The van der Waals surface area contributed by atoms with Crippen molar-refractivity contribution in [3.63, 3.8) is 0 Å². The first-order valence-corrected chi connectivity index (χ1v) is 8.59. The average Bonchev–Trinajstić information content (AvgIpc) is 2.62. The second-order valence-corrected chi connectivity index (χ2v) is 6.00. The third kappa shape index (κ3) is 5.94. The van der Waals surface area contributed by atoms with Crippen molar-refractivity contribution in [2.75, 3.05) is 45.2 Å². The average molecular weight is 333 g/mol. The monoisotopic (exact) mass is 333 g/mol. The van der Waals surface area contributed by atoms with E-state index in [4.69, 9.17) is 4.74 Å². The molecule has 6 heteroatoms. The molecule has 2 amide bonds. The van der Waals surface area contributed by atoms with Crippen LogP contribution in [0.2, 0.25) is 0 Å². The minimum Gasteiger partial charge on any atom is -0.385 e. The largest absolute Gasteiger partial charge is 0.385 e. The van der Waals surface area contributed by atoms with Gasteiger partial charge in [0.05, 0.1) is 6.54 Å². The molecule has 0 radical (unpaired) electrons. The number of hydrogen-bond acceptors (Lipinski definition) is 4. The Morgan fingerprint density at radius 2 is 1.83 bits per heavy atom. The number of amides is 2. The van der Waals surface area contributed by atoms with Gasteiger partial charge < -0.3 is 20.3 Å². The summed E-state index contributed by atoms with van der Waals surface area (Å²) in [5.74, 6) is -0.0186. The number of nitrogens with one attached hydrogen (secondary N) is 2. The van der Waals surface area contributed by atoms with Crippen LogP contribution in [0.4, 0.5) is 5.69 Å². The molecule has 1 heterocycles. The van der Waals surface area contributed by atoms with Gasteiger partial charge in [-0.2, -0.15) is 0 Å². The van der Waals surface area contributed by atoms with Gasteiger partial charge in [-0.15, -0.1) is 0 Å². The third-order valence-corrected chi connectivity index (χ3v) is 4.05. The molecule has 1 saturated heterocycles. The zero-order chi connectivity index (χ0) is 17.2. The Bertz CT molecular complexity index is 525. The van der Waals surface area contributed by atoms with E-state index in [1.165, 1.54) is 6.42 Å². The lowest BCUT2D eigenvalue weighted by atomic mass is 10.1. The van der Waals surface area contributed by atoms with Gasteiger partial charge in [0.2, 0.25) is 5.91 Å².